The van der Waals surface area contributed by atoms with Crippen LogP contribution in [0.4, 0.5) is 0 Å². The molecule has 1 fully saturated rings. The quantitative estimate of drug-likeness (QED) is 0.597. The molecule has 1 heteroatoms. The summed E-state index contributed by atoms with van der Waals surface area (Å²) in [6, 6.07) is 0. The molecule has 1 aliphatic rings. The van der Waals surface area contributed by atoms with Gasteiger partial charge in [0.2, 0.25) is 0 Å². The Labute approximate surface area is 75.5 Å². The van der Waals surface area contributed by atoms with Gasteiger partial charge in [-0.15, -0.1) is 0 Å². The molecular formula is C11H20O. The lowest BCUT2D eigenvalue weighted by molar-refractivity contribution is 0.190. The maximum atomic E-state index is 9.71. The van der Waals surface area contributed by atoms with Crippen LogP contribution in [0.3, 0.4) is 0 Å². The Balaban J connectivity index is 2.70. The van der Waals surface area contributed by atoms with Crippen LogP contribution in [0.5, 0.6) is 0 Å². The molecule has 12 heavy (non-hydrogen) atoms. The van der Waals surface area contributed by atoms with Gasteiger partial charge in [0.1, 0.15) is 0 Å². The van der Waals surface area contributed by atoms with E-state index >= 15 is 0 Å². The zero-order valence-corrected chi connectivity index (χ0v) is 8.59. The molecule has 0 aromatic carbocycles. The van der Waals surface area contributed by atoms with Crippen LogP contribution in [0.15, 0.2) is 11.6 Å². The Morgan fingerprint density at radius 2 is 2.08 bits per heavy atom. The van der Waals surface area contributed by atoms with Gasteiger partial charge in [-0.2, -0.15) is 0 Å². The maximum absolute atomic E-state index is 9.71. The van der Waals surface area contributed by atoms with Crippen molar-refractivity contribution in [2.45, 2.75) is 46.6 Å². The molecule has 0 aromatic heterocycles. The van der Waals surface area contributed by atoms with Crippen molar-refractivity contribution in [2.24, 2.45) is 11.3 Å². The van der Waals surface area contributed by atoms with Crippen LogP contribution < -0.4 is 0 Å². The van der Waals surface area contributed by atoms with Crippen molar-refractivity contribution in [1.29, 1.82) is 0 Å². The second-order valence-electron chi connectivity index (χ2n) is 5.05. The molecule has 0 amide bonds. The highest BCUT2D eigenvalue weighted by Gasteiger charge is 2.33. The SMILES string of the molecule is CC(C)/C=C1\CC(C)(C)CC1O. The average molecular weight is 168 g/mol. The predicted molar refractivity (Wildman–Crippen MR) is 51.9 cm³/mol. The van der Waals surface area contributed by atoms with Gasteiger partial charge in [-0.3, -0.25) is 0 Å². The highest BCUT2D eigenvalue weighted by Crippen LogP contribution is 2.40. The van der Waals surface area contributed by atoms with E-state index in [1.54, 1.807) is 0 Å². The van der Waals surface area contributed by atoms with Crippen molar-refractivity contribution in [1.82, 2.24) is 0 Å². The summed E-state index contributed by atoms with van der Waals surface area (Å²) in [5.41, 5.74) is 1.55. The number of rotatable bonds is 1. The van der Waals surface area contributed by atoms with E-state index in [0.717, 1.165) is 12.8 Å². The van der Waals surface area contributed by atoms with Crippen molar-refractivity contribution in [3.63, 3.8) is 0 Å². The van der Waals surface area contributed by atoms with Crippen LogP contribution >= 0.6 is 0 Å². The van der Waals surface area contributed by atoms with Crippen LogP contribution in [-0.2, 0) is 0 Å². The fourth-order valence-corrected chi connectivity index (χ4v) is 2.00. The van der Waals surface area contributed by atoms with Gasteiger partial charge in [-0.1, -0.05) is 33.8 Å². The van der Waals surface area contributed by atoms with Crippen molar-refractivity contribution in [2.75, 3.05) is 0 Å². The van der Waals surface area contributed by atoms with Gasteiger partial charge in [-0.05, 0) is 29.7 Å². The van der Waals surface area contributed by atoms with Crippen molar-refractivity contribution in [3.05, 3.63) is 11.6 Å². The van der Waals surface area contributed by atoms with Crippen LogP contribution in [0.1, 0.15) is 40.5 Å². The first-order valence-electron chi connectivity index (χ1n) is 4.79. The van der Waals surface area contributed by atoms with Crippen molar-refractivity contribution >= 4 is 0 Å². The maximum Gasteiger partial charge on any atom is 0.0755 e. The monoisotopic (exact) mass is 168 g/mol. The van der Waals surface area contributed by atoms with Crippen LogP contribution in [-0.4, -0.2) is 11.2 Å². The Bertz CT molecular complexity index is 189. The summed E-state index contributed by atoms with van der Waals surface area (Å²) < 4.78 is 0. The van der Waals surface area contributed by atoms with Crippen molar-refractivity contribution < 1.29 is 5.11 Å². The standard InChI is InChI=1S/C11H20O/c1-8(2)5-9-6-11(3,4)7-10(9)12/h5,8,10,12H,6-7H2,1-4H3/b9-5+. The first-order valence-corrected chi connectivity index (χ1v) is 4.79. The van der Waals surface area contributed by atoms with Gasteiger partial charge in [0.15, 0.2) is 0 Å². The van der Waals surface area contributed by atoms with E-state index in [1.807, 2.05) is 0 Å². The second kappa shape index (κ2) is 3.21. The first kappa shape index (κ1) is 9.79. The van der Waals surface area contributed by atoms with E-state index in [-0.39, 0.29) is 6.10 Å². The molecule has 70 valence electrons. The van der Waals surface area contributed by atoms with Gasteiger partial charge in [-0.25, -0.2) is 0 Å². The average Bonchev–Trinajstić information content (AvgIpc) is 2.03. The summed E-state index contributed by atoms with van der Waals surface area (Å²) in [6.45, 7) is 8.75. The number of aliphatic hydroxyl groups is 1. The molecule has 1 N–H and O–H groups in total. The predicted octanol–water partition coefficient (Wildman–Crippen LogP) is 2.75. The van der Waals surface area contributed by atoms with E-state index in [9.17, 15) is 5.11 Å². The van der Waals surface area contributed by atoms with E-state index in [1.165, 1.54) is 5.57 Å². The smallest absolute Gasteiger partial charge is 0.0755 e. The molecule has 1 nitrogen and oxygen atoms in total. The highest BCUT2D eigenvalue weighted by atomic mass is 16.3. The molecule has 0 aromatic rings. The van der Waals surface area contributed by atoms with Gasteiger partial charge in [0, 0.05) is 0 Å². The molecule has 1 unspecified atom stereocenters. The molecule has 1 saturated carbocycles. The second-order valence-corrected chi connectivity index (χ2v) is 5.05. The number of hydrogen-bond donors (Lipinski definition) is 1. The molecule has 1 atom stereocenters. The fourth-order valence-electron chi connectivity index (χ4n) is 2.00. The molecular weight excluding hydrogens is 148 g/mol. The zero-order valence-electron chi connectivity index (χ0n) is 8.59. The minimum Gasteiger partial charge on any atom is -0.389 e. The largest absolute Gasteiger partial charge is 0.389 e. The summed E-state index contributed by atoms with van der Waals surface area (Å²) >= 11 is 0. The molecule has 0 radical (unpaired) electrons. The van der Waals surface area contributed by atoms with Crippen molar-refractivity contribution in [3.8, 4) is 0 Å². The molecule has 0 aliphatic heterocycles. The lowest BCUT2D eigenvalue weighted by atomic mass is 9.91. The summed E-state index contributed by atoms with van der Waals surface area (Å²) in [5, 5.41) is 9.71. The van der Waals surface area contributed by atoms with Crippen LogP contribution in [0.25, 0.3) is 0 Å². The Morgan fingerprint density at radius 1 is 1.50 bits per heavy atom. The fraction of sp³-hybridized carbons (Fsp3) is 0.818. The number of aliphatic hydroxyl groups excluding tert-OH is 1. The van der Waals surface area contributed by atoms with Gasteiger partial charge in [0.25, 0.3) is 0 Å². The molecule has 0 saturated heterocycles. The third kappa shape index (κ3) is 2.34. The Hall–Kier alpha value is -0.300. The van der Waals surface area contributed by atoms with Gasteiger partial charge >= 0.3 is 0 Å². The molecule has 0 spiro atoms. The first-order chi connectivity index (χ1) is 5.41. The Kier molecular flexibility index (Phi) is 2.62. The summed E-state index contributed by atoms with van der Waals surface area (Å²) in [4.78, 5) is 0. The summed E-state index contributed by atoms with van der Waals surface area (Å²) in [7, 11) is 0. The van der Waals surface area contributed by atoms with E-state index in [4.69, 9.17) is 0 Å². The number of allylic oxidation sites excluding steroid dienone is 1. The Morgan fingerprint density at radius 3 is 2.42 bits per heavy atom. The van der Waals surface area contributed by atoms with E-state index in [2.05, 4.69) is 33.8 Å². The summed E-state index contributed by atoms with van der Waals surface area (Å²) in [5.74, 6) is 0.559. The van der Waals surface area contributed by atoms with Gasteiger partial charge < -0.3 is 5.11 Å². The highest BCUT2D eigenvalue weighted by molar-refractivity contribution is 5.17. The summed E-state index contributed by atoms with van der Waals surface area (Å²) in [6.07, 6.45) is 4.01. The molecule has 0 heterocycles. The molecule has 1 aliphatic carbocycles. The normalized spacial score (nSPS) is 31.8. The lowest BCUT2D eigenvalue weighted by Crippen LogP contribution is -2.07. The molecule has 0 bridgehead atoms. The topological polar surface area (TPSA) is 20.2 Å². The van der Waals surface area contributed by atoms with E-state index in [0.29, 0.717) is 11.3 Å². The zero-order chi connectivity index (χ0) is 9.35. The van der Waals surface area contributed by atoms with E-state index < -0.39 is 0 Å². The third-order valence-corrected chi connectivity index (χ3v) is 2.40. The third-order valence-electron chi connectivity index (χ3n) is 2.40. The number of hydrogen-bond acceptors (Lipinski definition) is 1. The minimum atomic E-state index is -0.178. The van der Waals surface area contributed by atoms with Crippen LogP contribution in [0.2, 0.25) is 0 Å². The lowest BCUT2D eigenvalue weighted by Gasteiger charge is -2.14. The van der Waals surface area contributed by atoms with Crippen LogP contribution in [0, 0.1) is 11.3 Å². The van der Waals surface area contributed by atoms with Gasteiger partial charge in [0.05, 0.1) is 6.10 Å². The molecule has 1 rings (SSSR count). The minimum absolute atomic E-state index is 0.178.